The van der Waals surface area contributed by atoms with E-state index in [9.17, 15) is 4.79 Å². The van der Waals surface area contributed by atoms with E-state index >= 15 is 4.39 Å². The van der Waals surface area contributed by atoms with Crippen molar-refractivity contribution in [1.29, 1.82) is 5.41 Å². The van der Waals surface area contributed by atoms with Gasteiger partial charge >= 0.3 is 0 Å². The highest BCUT2D eigenvalue weighted by atomic mass is 19.1. The number of carbonyl (C=O) groups excluding carboxylic acids is 1. The molecule has 0 unspecified atom stereocenters. The van der Waals surface area contributed by atoms with E-state index in [1.54, 1.807) is 30.5 Å². The minimum atomic E-state index is -0.473. The summed E-state index contributed by atoms with van der Waals surface area (Å²) in [5.74, 6) is 1.24. The molecule has 0 saturated heterocycles. The number of carbonyl (C=O) groups is 1. The smallest absolute Gasteiger partial charge is 0.134 e. The van der Waals surface area contributed by atoms with E-state index in [0.29, 0.717) is 59.7 Å². The maximum Gasteiger partial charge on any atom is 0.134 e. The molecule has 4 N–H and O–H groups in total. The van der Waals surface area contributed by atoms with Crippen LogP contribution in [0, 0.1) is 11.2 Å². The number of ketones is 1. The molecule has 1 aromatic heterocycles. The number of nitrogens with zero attached hydrogens (tertiary/aromatic N) is 1. The lowest BCUT2D eigenvalue weighted by Crippen LogP contribution is -2.20. The Morgan fingerprint density at radius 2 is 1.88 bits per heavy atom. The first-order valence-corrected chi connectivity index (χ1v) is 11.0. The third kappa shape index (κ3) is 4.82. The molecule has 7 heteroatoms. The molecular formula is C26H27FN4O2. The third-order valence-electron chi connectivity index (χ3n) is 5.80. The van der Waals surface area contributed by atoms with Gasteiger partial charge in [0, 0.05) is 42.3 Å². The van der Waals surface area contributed by atoms with Gasteiger partial charge in [-0.05, 0) is 50.2 Å². The first-order valence-electron chi connectivity index (χ1n) is 11.0. The van der Waals surface area contributed by atoms with Gasteiger partial charge < -0.3 is 20.4 Å². The predicted molar refractivity (Wildman–Crippen MR) is 128 cm³/mol. The second-order valence-corrected chi connectivity index (χ2v) is 8.06. The number of hydrogen-bond acceptors (Lipinski definition) is 4. The molecule has 0 bridgehead atoms. The van der Waals surface area contributed by atoms with Gasteiger partial charge in [0.05, 0.1) is 5.56 Å². The van der Waals surface area contributed by atoms with Crippen LogP contribution in [0.25, 0.3) is 11.1 Å². The van der Waals surface area contributed by atoms with Crippen molar-refractivity contribution in [3.05, 3.63) is 78.4 Å². The van der Waals surface area contributed by atoms with Crippen molar-refractivity contribution < 1.29 is 13.9 Å². The summed E-state index contributed by atoms with van der Waals surface area (Å²) in [5.41, 5.74) is 7.26. The van der Waals surface area contributed by atoms with E-state index in [2.05, 4.69) is 5.32 Å². The molecule has 1 aliphatic carbocycles. The molecule has 6 nitrogen and oxygen atoms in total. The summed E-state index contributed by atoms with van der Waals surface area (Å²) in [5, 5.41) is 11.4. The van der Waals surface area contributed by atoms with Crippen LogP contribution < -0.4 is 15.8 Å². The van der Waals surface area contributed by atoms with Gasteiger partial charge in [-0.2, -0.15) is 0 Å². The van der Waals surface area contributed by atoms with Crippen molar-refractivity contribution in [3.63, 3.8) is 0 Å². The van der Waals surface area contributed by atoms with Crippen LogP contribution in [0.3, 0.4) is 0 Å². The second kappa shape index (κ2) is 9.73. The minimum absolute atomic E-state index is 0.0612. The van der Waals surface area contributed by atoms with Crippen LogP contribution in [0.1, 0.15) is 44.2 Å². The number of ether oxygens (including phenoxy) is 1. The molecule has 170 valence electrons. The van der Waals surface area contributed by atoms with E-state index in [-0.39, 0.29) is 17.7 Å². The summed E-state index contributed by atoms with van der Waals surface area (Å²) >= 11 is 0. The van der Waals surface area contributed by atoms with E-state index in [1.807, 2.05) is 42.0 Å². The van der Waals surface area contributed by atoms with Gasteiger partial charge in [0.2, 0.25) is 0 Å². The molecule has 0 spiro atoms. The van der Waals surface area contributed by atoms with E-state index in [1.165, 1.54) is 6.07 Å². The normalized spacial score (nSPS) is 14.5. The van der Waals surface area contributed by atoms with Gasteiger partial charge in [-0.25, -0.2) is 4.39 Å². The SMILES string of the molecule is C/C=C/Nc1c(C(=N)N)c(-c2ccc(Oc3ccccc3)cc2F)cn1C1CCC(=O)CC1. The molecule has 0 atom stereocenters. The molecule has 0 aliphatic heterocycles. The Kier molecular flexibility index (Phi) is 6.58. The van der Waals surface area contributed by atoms with Gasteiger partial charge in [0.1, 0.15) is 34.8 Å². The lowest BCUT2D eigenvalue weighted by atomic mass is 9.94. The van der Waals surface area contributed by atoms with Crippen LogP contribution in [0.4, 0.5) is 10.2 Å². The number of allylic oxidation sites excluding steroid dienone is 1. The number of nitrogens with two attached hydrogens (primary N) is 1. The number of Topliss-reactive ketones (excluding diaryl/α,β-unsaturated/α-hetero) is 1. The number of benzene rings is 2. The van der Waals surface area contributed by atoms with Gasteiger partial charge in [-0.1, -0.05) is 24.3 Å². The number of para-hydroxylation sites is 1. The standard InChI is InChI=1S/C26H27FN4O2/c1-2-14-30-26-24(25(28)29)22(16-31(26)17-8-10-18(32)11-9-17)21-13-12-20(15-23(21)27)33-19-6-4-3-5-7-19/h2-7,12-17,30H,8-11H2,1H3,(H3,28,29)/b14-2+. The van der Waals surface area contributed by atoms with Crippen LogP contribution >= 0.6 is 0 Å². The molecule has 1 saturated carbocycles. The van der Waals surface area contributed by atoms with Crippen LogP contribution in [0.2, 0.25) is 0 Å². The molecule has 2 aromatic carbocycles. The summed E-state index contributed by atoms with van der Waals surface area (Å²) < 4.78 is 23.0. The van der Waals surface area contributed by atoms with E-state index in [4.69, 9.17) is 15.9 Å². The number of halogens is 1. The molecule has 0 amide bonds. The summed E-state index contributed by atoms with van der Waals surface area (Å²) in [6, 6.07) is 13.9. The highest BCUT2D eigenvalue weighted by Gasteiger charge is 2.27. The number of amidine groups is 1. The van der Waals surface area contributed by atoms with Gasteiger partial charge in [-0.15, -0.1) is 0 Å². The Hall–Kier alpha value is -3.87. The fraction of sp³-hybridized carbons (Fsp3) is 0.231. The zero-order chi connectivity index (χ0) is 23.4. The fourth-order valence-electron chi connectivity index (χ4n) is 4.20. The van der Waals surface area contributed by atoms with Crippen molar-refractivity contribution in [2.24, 2.45) is 5.73 Å². The molecule has 1 heterocycles. The monoisotopic (exact) mass is 446 g/mol. The van der Waals surface area contributed by atoms with Crippen molar-refractivity contribution in [3.8, 4) is 22.6 Å². The summed E-state index contributed by atoms with van der Waals surface area (Å²) in [6.45, 7) is 1.87. The van der Waals surface area contributed by atoms with Crippen LogP contribution in [-0.4, -0.2) is 16.2 Å². The second-order valence-electron chi connectivity index (χ2n) is 8.06. The highest BCUT2D eigenvalue weighted by molar-refractivity contribution is 6.06. The number of anilines is 1. The number of nitrogen functional groups attached to an aromatic ring is 1. The van der Waals surface area contributed by atoms with Crippen LogP contribution in [-0.2, 0) is 4.79 Å². The molecule has 1 fully saturated rings. The Labute approximate surface area is 192 Å². The molecule has 1 aliphatic rings. The van der Waals surface area contributed by atoms with Crippen LogP contribution in [0.15, 0.2) is 67.0 Å². The van der Waals surface area contributed by atoms with Gasteiger partial charge in [-0.3, -0.25) is 10.2 Å². The van der Waals surface area contributed by atoms with E-state index < -0.39 is 5.82 Å². The zero-order valence-electron chi connectivity index (χ0n) is 18.5. The lowest BCUT2D eigenvalue weighted by Gasteiger charge is -2.25. The maximum absolute atomic E-state index is 15.3. The van der Waals surface area contributed by atoms with Crippen molar-refractivity contribution in [2.75, 3.05) is 5.32 Å². The molecule has 4 rings (SSSR count). The number of aromatic nitrogens is 1. The molecule has 3 aromatic rings. The molecule has 33 heavy (non-hydrogen) atoms. The average Bonchev–Trinajstić information content (AvgIpc) is 3.18. The zero-order valence-corrected chi connectivity index (χ0v) is 18.5. The third-order valence-corrected chi connectivity index (χ3v) is 5.80. The molecule has 0 radical (unpaired) electrons. The Morgan fingerprint density at radius 3 is 2.52 bits per heavy atom. The summed E-state index contributed by atoms with van der Waals surface area (Å²) in [4.78, 5) is 11.8. The summed E-state index contributed by atoms with van der Waals surface area (Å²) in [7, 11) is 0. The maximum atomic E-state index is 15.3. The summed E-state index contributed by atoms with van der Waals surface area (Å²) in [6.07, 6.45) is 7.83. The largest absolute Gasteiger partial charge is 0.457 e. The topological polar surface area (TPSA) is 93.1 Å². The number of nitrogens with one attached hydrogen (secondary N) is 2. The number of rotatable bonds is 7. The quantitative estimate of drug-likeness (QED) is 0.306. The van der Waals surface area contributed by atoms with Crippen molar-refractivity contribution >= 4 is 17.4 Å². The number of hydrogen-bond donors (Lipinski definition) is 3. The Balaban J connectivity index is 1.76. The first kappa shape index (κ1) is 22.3. The Morgan fingerprint density at radius 1 is 1.15 bits per heavy atom. The van der Waals surface area contributed by atoms with E-state index in [0.717, 1.165) is 0 Å². The fourth-order valence-corrected chi connectivity index (χ4v) is 4.20. The first-order chi connectivity index (χ1) is 16.0. The predicted octanol–water partition coefficient (Wildman–Crippen LogP) is 6.00. The van der Waals surface area contributed by atoms with Crippen molar-refractivity contribution in [2.45, 2.75) is 38.6 Å². The lowest BCUT2D eigenvalue weighted by molar-refractivity contribution is -0.120. The van der Waals surface area contributed by atoms with Crippen LogP contribution in [0.5, 0.6) is 11.5 Å². The molecular weight excluding hydrogens is 419 g/mol. The van der Waals surface area contributed by atoms with Gasteiger partial charge in [0.15, 0.2) is 0 Å². The van der Waals surface area contributed by atoms with Crippen molar-refractivity contribution in [1.82, 2.24) is 4.57 Å². The van der Waals surface area contributed by atoms with Gasteiger partial charge in [0.25, 0.3) is 0 Å². The average molecular weight is 447 g/mol. The Bertz CT molecular complexity index is 1190. The highest BCUT2D eigenvalue weighted by Crippen LogP contribution is 2.39. The minimum Gasteiger partial charge on any atom is -0.457 e.